The fraction of sp³-hybridized carbons (Fsp3) is 0.818. The second kappa shape index (κ2) is 6.50. The van der Waals surface area contributed by atoms with Crippen molar-refractivity contribution < 1.29 is 5.11 Å². The van der Waals surface area contributed by atoms with Gasteiger partial charge in [0.1, 0.15) is 13.5 Å². The van der Waals surface area contributed by atoms with E-state index in [4.69, 9.17) is 11.6 Å². The van der Waals surface area contributed by atoms with Gasteiger partial charge in [-0.05, 0) is 6.42 Å². The lowest BCUT2D eigenvalue weighted by Crippen LogP contribution is -2.22. The largest absolute Gasteiger partial charge is 0.391 e. The number of unbranched alkanes of at least 4 members (excludes halogenated alkanes) is 1. The Kier molecular flexibility index (Phi) is 6.51. The van der Waals surface area contributed by atoms with Crippen LogP contribution in [-0.4, -0.2) is 24.7 Å². The van der Waals surface area contributed by atoms with Crippen molar-refractivity contribution in [1.82, 2.24) is 0 Å². The summed E-state index contributed by atoms with van der Waals surface area (Å²) in [6.07, 6.45) is 2.38. The Morgan fingerprint density at radius 1 is 1.36 bits per heavy atom. The molecule has 0 amide bonds. The minimum Gasteiger partial charge on any atom is -0.391 e. The van der Waals surface area contributed by atoms with Gasteiger partial charge in [0, 0.05) is 0 Å². The van der Waals surface area contributed by atoms with Crippen molar-refractivity contribution in [1.29, 1.82) is 0 Å². The standard InChI is InChI=1S/C11H21ClOSi/c1-5-6-7-11(13)10(12)8-9-14(2,3)4/h10-11,13H,5-7H2,1-4H3/t10-,11-/m1/s1. The molecule has 0 saturated heterocycles. The van der Waals surface area contributed by atoms with Crippen molar-refractivity contribution in [3.05, 3.63) is 0 Å². The summed E-state index contributed by atoms with van der Waals surface area (Å²) in [5.74, 6) is 2.96. The molecule has 0 fully saturated rings. The number of rotatable bonds is 4. The number of hydrogen-bond acceptors (Lipinski definition) is 1. The van der Waals surface area contributed by atoms with Crippen LogP contribution in [0.15, 0.2) is 0 Å². The summed E-state index contributed by atoms with van der Waals surface area (Å²) < 4.78 is 0. The van der Waals surface area contributed by atoms with E-state index < -0.39 is 19.6 Å². The normalized spacial score (nSPS) is 15.6. The molecule has 82 valence electrons. The molecule has 0 aliphatic carbocycles. The lowest BCUT2D eigenvalue weighted by Gasteiger charge is -2.12. The fourth-order valence-corrected chi connectivity index (χ4v) is 1.80. The molecule has 14 heavy (non-hydrogen) atoms. The van der Waals surface area contributed by atoms with Crippen LogP contribution in [0.4, 0.5) is 0 Å². The fourth-order valence-electron chi connectivity index (χ4n) is 0.941. The van der Waals surface area contributed by atoms with E-state index in [1.807, 2.05) is 0 Å². The predicted octanol–water partition coefficient (Wildman–Crippen LogP) is 3.03. The molecular weight excluding hydrogens is 212 g/mol. The Labute approximate surface area is 93.9 Å². The topological polar surface area (TPSA) is 20.2 Å². The highest BCUT2D eigenvalue weighted by atomic mass is 35.5. The first-order valence-electron chi connectivity index (χ1n) is 5.21. The van der Waals surface area contributed by atoms with Crippen LogP contribution in [0.5, 0.6) is 0 Å². The average Bonchev–Trinajstić information content (AvgIpc) is 2.09. The van der Waals surface area contributed by atoms with Crippen LogP contribution in [-0.2, 0) is 0 Å². The molecule has 0 heterocycles. The zero-order valence-corrected chi connectivity index (χ0v) is 11.4. The van der Waals surface area contributed by atoms with E-state index in [-0.39, 0.29) is 0 Å². The van der Waals surface area contributed by atoms with Crippen LogP contribution < -0.4 is 0 Å². The molecule has 2 atom stereocenters. The van der Waals surface area contributed by atoms with Crippen LogP contribution in [0.1, 0.15) is 26.2 Å². The Morgan fingerprint density at radius 2 is 1.93 bits per heavy atom. The third-order valence-electron chi connectivity index (χ3n) is 1.78. The Bertz CT molecular complexity index is 212. The van der Waals surface area contributed by atoms with Gasteiger partial charge in [0.15, 0.2) is 0 Å². The van der Waals surface area contributed by atoms with Crippen molar-refractivity contribution in [2.24, 2.45) is 0 Å². The van der Waals surface area contributed by atoms with Crippen molar-refractivity contribution in [2.45, 2.75) is 57.3 Å². The monoisotopic (exact) mass is 232 g/mol. The van der Waals surface area contributed by atoms with Crippen molar-refractivity contribution in [3.63, 3.8) is 0 Å². The van der Waals surface area contributed by atoms with Crippen molar-refractivity contribution in [3.8, 4) is 11.5 Å². The van der Waals surface area contributed by atoms with Gasteiger partial charge in [0.05, 0.1) is 6.10 Å². The van der Waals surface area contributed by atoms with Crippen molar-refractivity contribution >= 4 is 19.7 Å². The van der Waals surface area contributed by atoms with Gasteiger partial charge in [-0.25, -0.2) is 0 Å². The number of alkyl halides is 1. The van der Waals surface area contributed by atoms with E-state index in [1.54, 1.807) is 0 Å². The first-order valence-corrected chi connectivity index (χ1v) is 9.15. The predicted molar refractivity (Wildman–Crippen MR) is 66.3 cm³/mol. The average molecular weight is 233 g/mol. The SMILES string of the molecule is CCCC[C@@H](O)[C@H](Cl)C#C[Si](C)(C)C. The van der Waals surface area contributed by atoms with E-state index in [0.29, 0.717) is 0 Å². The molecule has 0 aromatic heterocycles. The van der Waals surface area contributed by atoms with Gasteiger partial charge in [-0.3, -0.25) is 0 Å². The van der Waals surface area contributed by atoms with Crippen LogP contribution in [0.3, 0.4) is 0 Å². The van der Waals surface area contributed by atoms with Crippen LogP contribution in [0, 0.1) is 11.5 Å². The molecule has 0 rings (SSSR count). The highest BCUT2D eigenvalue weighted by Gasteiger charge is 2.14. The third kappa shape index (κ3) is 7.43. The maximum absolute atomic E-state index is 9.63. The molecule has 0 radical (unpaired) electrons. The minimum absolute atomic E-state index is 0.395. The zero-order valence-electron chi connectivity index (χ0n) is 9.60. The molecule has 0 bridgehead atoms. The van der Waals surface area contributed by atoms with E-state index in [9.17, 15) is 5.11 Å². The van der Waals surface area contributed by atoms with Gasteiger partial charge in [0.2, 0.25) is 0 Å². The molecule has 0 saturated carbocycles. The second-order valence-corrected chi connectivity index (χ2v) is 9.85. The van der Waals surface area contributed by atoms with Gasteiger partial charge in [-0.1, -0.05) is 45.3 Å². The minimum atomic E-state index is -1.35. The molecular formula is C11H21ClOSi. The third-order valence-corrected chi connectivity index (χ3v) is 3.07. The highest BCUT2D eigenvalue weighted by molar-refractivity contribution is 6.83. The van der Waals surface area contributed by atoms with E-state index in [0.717, 1.165) is 19.3 Å². The molecule has 0 aromatic rings. The van der Waals surface area contributed by atoms with Gasteiger partial charge < -0.3 is 5.11 Å². The number of halogens is 1. The summed E-state index contributed by atoms with van der Waals surface area (Å²) in [7, 11) is -1.35. The maximum Gasteiger partial charge on any atom is 0.129 e. The van der Waals surface area contributed by atoms with Crippen LogP contribution >= 0.6 is 11.6 Å². The smallest absolute Gasteiger partial charge is 0.129 e. The summed E-state index contributed by atoms with van der Waals surface area (Å²) >= 11 is 5.97. The zero-order chi connectivity index (χ0) is 11.2. The molecule has 0 aromatic carbocycles. The van der Waals surface area contributed by atoms with E-state index in [2.05, 4.69) is 38.0 Å². The highest BCUT2D eigenvalue weighted by Crippen LogP contribution is 2.10. The van der Waals surface area contributed by atoms with Crippen molar-refractivity contribution in [2.75, 3.05) is 0 Å². The lowest BCUT2D eigenvalue weighted by molar-refractivity contribution is 0.170. The quantitative estimate of drug-likeness (QED) is 0.449. The molecule has 0 aliphatic rings. The summed E-state index contributed by atoms with van der Waals surface area (Å²) in [5.41, 5.74) is 3.18. The molecule has 0 spiro atoms. The van der Waals surface area contributed by atoms with Crippen LogP contribution in [0.25, 0.3) is 0 Å². The Morgan fingerprint density at radius 3 is 2.36 bits per heavy atom. The Hall–Kier alpha value is 0.0269. The summed E-state index contributed by atoms with van der Waals surface area (Å²) in [4.78, 5) is 0. The van der Waals surface area contributed by atoms with Gasteiger partial charge in [-0.2, -0.15) is 0 Å². The number of hydrogen-bond donors (Lipinski definition) is 1. The first-order chi connectivity index (χ1) is 6.37. The molecule has 1 N–H and O–H groups in total. The van der Waals surface area contributed by atoms with Crippen LogP contribution in [0.2, 0.25) is 19.6 Å². The lowest BCUT2D eigenvalue weighted by atomic mass is 10.1. The molecule has 3 heteroatoms. The summed E-state index contributed by atoms with van der Waals surface area (Å²) in [5, 5.41) is 9.23. The van der Waals surface area contributed by atoms with Gasteiger partial charge in [-0.15, -0.1) is 17.1 Å². The molecule has 1 nitrogen and oxygen atoms in total. The second-order valence-electron chi connectivity index (χ2n) is 4.63. The maximum atomic E-state index is 9.63. The Balaban J connectivity index is 4.04. The molecule has 0 unspecified atom stereocenters. The van der Waals surface area contributed by atoms with E-state index in [1.165, 1.54) is 0 Å². The number of aliphatic hydroxyl groups excluding tert-OH is 1. The molecule has 0 aliphatic heterocycles. The van der Waals surface area contributed by atoms with E-state index >= 15 is 0 Å². The van der Waals surface area contributed by atoms with Gasteiger partial charge >= 0.3 is 0 Å². The number of aliphatic hydroxyl groups is 1. The summed E-state index contributed by atoms with van der Waals surface area (Å²) in [6, 6.07) is 0. The first kappa shape index (κ1) is 14.0. The van der Waals surface area contributed by atoms with Gasteiger partial charge in [0.25, 0.3) is 0 Å². The summed E-state index contributed by atoms with van der Waals surface area (Å²) in [6.45, 7) is 8.61.